The summed E-state index contributed by atoms with van der Waals surface area (Å²) in [5.74, 6) is -0.261. The number of rotatable bonds is 9. The van der Waals surface area contributed by atoms with Gasteiger partial charge in [0.2, 0.25) is 5.91 Å². The number of amides is 1. The molecule has 1 amide bonds. The number of ether oxygens (including phenoxy) is 2. The number of hydrogen-bond donors (Lipinski definition) is 1. The molecule has 4 nitrogen and oxygen atoms in total. The van der Waals surface area contributed by atoms with Gasteiger partial charge in [0.15, 0.2) is 11.6 Å². The van der Waals surface area contributed by atoms with Gasteiger partial charge in [0.1, 0.15) is 0 Å². The molecule has 0 spiro atoms. The highest BCUT2D eigenvalue weighted by Gasteiger charge is 2.06. The average molecular weight is 345 g/mol. The van der Waals surface area contributed by atoms with Gasteiger partial charge in [-0.1, -0.05) is 30.3 Å². The van der Waals surface area contributed by atoms with Crippen molar-refractivity contribution in [2.24, 2.45) is 0 Å². The Hall–Kier alpha value is -2.40. The highest BCUT2D eigenvalue weighted by Crippen LogP contribution is 2.18. The van der Waals surface area contributed by atoms with Crippen molar-refractivity contribution in [1.82, 2.24) is 5.32 Å². The number of hydrogen-bond acceptors (Lipinski definition) is 3. The zero-order chi connectivity index (χ0) is 18.1. The second-order valence-electron chi connectivity index (χ2n) is 5.70. The number of benzene rings is 2. The first-order chi connectivity index (χ1) is 12.1. The second kappa shape index (κ2) is 9.79. The van der Waals surface area contributed by atoms with E-state index in [0.29, 0.717) is 32.6 Å². The standard InChI is InChI=1S/C20H24FNO3/c1-3-25-14-17-6-4-16(5-7-17)13-22-20(23)11-9-15-8-10-19(24-2)18(21)12-15/h4-8,10,12H,3,9,11,13-14H2,1-2H3,(H,22,23). The van der Waals surface area contributed by atoms with Crippen LogP contribution in [0.1, 0.15) is 30.0 Å². The molecular weight excluding hydrogens is 321 g/mol. The van der Waals surface area contributed by atoms with Gasteiger partial charge in [0.05, 0.1) is 13.7 Å². The lowest BCUT2D eigenvalue weighted by atomic mass is 10.1. The highest BCUT2D eigenvalue weighted by atomic mass is 19.1. The molecule has 5 heteroatoms. The third kappa shape index (κ3) is 6.19. The molecule has 2 aromatic rings. The Morgan fingerprint density at radius 3 is 2.40 bits per heavy atom. The van der Waals surface area contributed by atoms with E-state index in [2.05, 4.69) is 5.32 Å². The fraction of sp³-hybridized carbons (Fsp3) is 0.350. The molecule has 0 aliphatic heterocycles. The van der Waals surface area contributed by atoms with Crippen LogP contribution >= 0.6 is 0 Å². The molecule has 0 bridgehead atoms. The number of nitrogens with one attached hydrogen (secondary N) is 1. The van der Waals surface area contributed by atoms with Crippen LogP contribution in [0.25, 0.3) is 0 Å². The SMILES string of the molecule is CCOCc1ccc(CNC(=O)CCc2ccc(OC)c(F)c2)cc1. The lowest BCUT2D eigenvalue weighted by Crippen LogP contribution is -2.23. The maximum Gasteiger partial charge on any atom is 0.220 e. The summed E-state index contributed by atoms with van der Waals surface area (Å²) in [5.41, 5.74) is 2.91. The Bertz CT molecular complexity index is 686. The van der Waals surface area contributed by atoms with Gasteiger partial charge in [-0.05, 0) is 42.2 Å². The van der Waals surface area contributed by atoms with Crippen LogP contribution in [0.15, 0.2) is 42.5 Å². The van der Waals surface area contributed by atoms with Crippen LogP contribution in [0.4, 0.5) is 4.39 Å². The van der Waals surface area contributed by atoms with E-state index in [0.717, 1.165) is 16.7 Å². The Kier molecular flexibility index (Phi) is 7.41. The van der Waals surface area contributed by atoms with Gasteiger partial charge < -0.3 is 14.8 Å². The van der Waals surface area contributed by atoms with E-state index in [4.69, 9.17) is 9.47 Å². The van der Waals surface area contributed by atoms with Crippen molar-refractivity contribution in [3.05, 3.63) is 65.0 Å². The number of halogens is 1. The fourth-order valence-electron chi connectivity index (χ4n) is 2.39. The first-order valence-electron chi connectivity index (χ1n) is 8.37. The minimum absolute atomic E-state index is 0.0605. The van der Waals surface area contributed by atoms with E-state index in [1.807, 2.05) is 31.2 Å². The van der Waals surface area contributed by atoms with E-state index in [1.54, 1.807) is 12.1 Å². The summed E-state index contributed by atoms with van der Waals surface area (Å²) in [6, 6.07) is 12.7. The highest BCUT2D eigenvalue weighted by molar-refractivity contribution is 5.76. The van der Waals surface area contributed by atoms with Crippen LogP contribution in [-0.4, -0.2) is 19.6 Å². The predicted molar refractivity (Wildman–Crippen MR) is 94.9 cm³/mol. The van der Waals surface area contributed by atoms with Gasteiger partial charge in [-0.3, -0.25) is 4.79 Å². The van der Waals surface area contributed by atoms with Crippen molar-refractivity contribution in [2.45, 2.75) is 32.9 Å². The fourth-order valence-corrected chi connectivity index (χ4v) is 2.39. The predicted octanol–water partition coefficient (Wildman–Crippen LogP) is 3.62. The van der Waals surface area contributed by atoms with Crippen molar-refractivity contribution in [3.8, 4) is 5.75 Å². The largest absolute Gasteiger partial charge is 0.494 e. The van der Waals surface area contributed by atoms with Crippen molar-refractivity contribution < 1.29 is 18.7 Å². The molecule has 0 saturated heterocycles. The Labute approximate surface area is 148 Å². The topological polar surface area (TPSA) is 47.6 Å². The number of methoxy groups -OCH3 is 1. The maximum absolute atomic E-state index is 13.6. The van der Waals surface area contributed by atoms with Crippen molar-refractivity contribution in [2.75, 3.05) is 13.7 Å². The molecule has 0 saturated carbocycles. The molecule has 0 fully saturated rings. The molecule has 0 heterocycles. The van der Waals surface area contributed by atoms with Crippen LogP contribution in [0.2, 0.25) is 0 Å². The molecule has 0 aromatic heterocycles. The molecule has 0 aliphatic carbocycles. The van der Waals surface area contributed by atoms with Gasteiger partial charge in [-0.2, -0.15) is 0 Å². The van der Waals surface area contributed by atoms with Gasteiger partial charge >= 0.3 is 0 Å². The molecule has 0 aliphatic rings. The van der Waals surface area contributed by atoms with Crippen LogP contribution in [-0.2, 0) is 29.1 Å². The van der Waals surface area contributed by atoms with Crippen molar-refractivity contribution in [1.29, 1.82) is 0 Å². The summed E-state index contributed by atoms with van der Waals surface area (Å²) in [7, 11) is 1.43. The van der Waals surface area contributed by atoms with E-state index in [-0.39, 0.29) is 11.7 Å². The molecule has 0 unspecified atom stereocenters. The summed E-state index contributed by atoms with van der Waals surface area (Å²) in [4.78, 5) is 12.0. The minimum Gasteiger partial charge on any atom is -0.494 e. The Morgan fingerprint density at radius 1 is 1.08 bits per heavy atom. The molecule has 2 rings (SSSR count). The van der Waals surface area contributed by atoms with Gasteiger partial charge in [-0.15, -0.1) is 0 Å². The third-order valence-electron chi connectivity index (χ3n) is 3.84. The summed E-state index contributed by atoms with van der Waals surface area (Å²) < 4.78 is 23.9. The Balaban J connectivity index is 1.76. The van der Waals surface area contributed by atoms with Crippen LogP contribution in [0.3, 0.4) is 0 Å². The lowest BCUT2D eigenvalue weighted by Gasteiger charge is -2.08. The molecule has 25 heavy (non-hydrogen) atoms. The molecule has 2 aromatic carbocycles. The van der Waals surface area contributed by atoms with Crippen LogP contribution in [0.5, 0.6) is 5.75 Å². The normalized spacial score (nSPS) is 10.5. The third-order valence-corrected chi connectivity index (χ3v) is 3.84. The smallest absolute Gasteiger partial charge is 0.220 e. The van der Waals surface area contributed by atoms with E-state index in [1.165, 1.54) is 13.2 Å². The summed E-state index contributed by atoms with van der Waals surface area (Å²) >= 11 is 0. The number of aryl methyl sites for hydroxylation is 1. The monoisotopic (exact) mass is 345 g/mol. The molecule has 0 radical (unpaired) electrons. The first-order valence-corrected chi connectivity index (χ1v) is 8.37. The average Bonchev–Trinajstić information content (AvgIpc) is 2.64. The molecule has 134 valence electrons. The Morgan fingerprint density at radius 2 is 1.76 bits per heavy atom. The molecule has 0 atom stereocenters. The first kappa shape index (κ1) is 18.9. The van der Waals surface area contributed by atoms with E-state index < -0.39 is 5.82 Å². The summed E-state index contributed by atoms with van der Waals surface area (Å²) in [6.07, 6.45) is 0.800. The second-order valence-corrected chi connectivity index (χ2v) is 5.70. The summed E-state index contributed by atoms with van der Waals surface area (Å²) in [6.45, 7) is 3.73. The van der Waals surface area contributed by atoms with Crippen LogP contribution in [0, 0.1) is 5.82 Å². The number of carbonyl (C=O) groups is 1. The minimum atomic E-state index is -0.410. The molecular formula is C20H24FNO3. The van der Waals surface area contributed by atoms with E-state index >= 15 is 0 Å². The van der Waals surface area contributed by atoms with Crippen molar-refractivity contribution in [3.63, 3.8) is 0 Å². The summed E-state index contributed by atoms with van der Waals surface area (Å²) in [5, 5.41) is 2.88. The zero-order valence-corrected chi connectivity index (χ0v) is 14.7. The van der Waals surface area contributed by atoms with E-state index in [9.17, 15) is 9.18 Å². The van der Waals surface area contributed by atoms with Gasteiger partial charge in [0.25, 0.3) is 0 Å². The lowest BCUT2D eigenvalue weighted by molar-refractivity contribution is -0.121. The number of carbonyl (C=O) groups excluding carboxylic acids is 1. The zero-order valence-electron chi connectivity index (χ0n) is 14.7. The maximum atomic E-state index is 13.6. The van der Waals surface area contributed by atoms with Crippen LogP contribution < -0.4 is 10.1 Å². The van der Waals surface area contributed by atoms with Crippen molar-refractivity contribution >= 4 is 5.91 Å². The molecule has 1 N–H and O–H groups in total. The van der Waals surface area contributed by atoms with Gasteiger partial charge in [-0.25, -0.2) is 4.39 Å². The quantitative estimate of drug-likeness (QED) is 0.755. The van der Waals surface area contributed by atoms with Gasteiger partial charge in [0, 0.05) is 19.6 Å².